The maximum absolute atomic E-state index is 5.57. The van der Waals surface area contributed by atoms with Crippen LogP contribution in [-0.4, -0.2) is 33.3 Å². The van der Waals surface area contributed by atoms with Crippen LogP contribution < -0.4 is 0 Å². The first-order valence-corrected chi connectivity index (χ1v) is 20.5. The lowest BCUT2D eigenvalue weighted by Crippen LogP contribution is -2.00. The van der Waals surface area contributed by atoms with Gasteiger partial charge in [0, 0.05) is 49.7 Å². The summed E-state index contributed by atoms with van der Waals surface area (Å²) < 4.78 is 7.13. The number of rotatable bonds is 5. The van der Waals surface area contributed by atoms with Crippen molar-refractivity contribution >= 4 is 65.7 Å². The van der Waals surface area contributed by atoms with E-state index in [-0.39, 0.29) is 0 Å². The second-order valence-corrected chi connectivity index (χ2v) is 15.5. The van der Waals surface area contributed by atoms with Gasteiger partial charge < -0.3 is 4.40 Å². The van der Waals surface area contributed by atoms with E-state index in [1.54, 1.807) is 0 Å². The molecule has 0 aliphatic rings. The van der Waals surface area contributed by atoms with Crippen LogP contribution in [0.2, 0.25) is 0 Å². The Labute approximate surface area is 349 Å². The Bertz CT molecular complexity index is 3770. The lowest BCUT2D eigenvalue weighted by atomic mass is 10.1. The number of para-hydroxylation sites is 2. The summed E-state index contributed by atoms with van der Waals surface area (Å²) in [6, 6.07) is 70.4. The molecular weight excluding hydrogens is 747 g/mol. The zero-order chi connectivity index (χ0) is 40.0. The van der Waals surface area contributed by atoms with Gasteiger partial charge in [-0.2, -0.15) is 0 Å². The quantitative estimate of drug-likeness (QED) is 0.174. The highest BCUT2D eigenvalue weighted by Crippen LogP contribution is 2.43. The Morgan fingerprint density at radius 3 is 1.61 bits per heavy atom. The van der Waals surface area contributed by atoms with E-state index in [1.165, 1.54) is 10.8 Å². The molecule has 8 aromatic carbocycles. The van der Waals surface area contributed by atoms with Gasteiger partial charge >= 0.3 is 0 Å². The van der Waals surface area contributed by atoms with Crippen molar-refractivity contribution in [3.63, 3.8) is 0 Å². The number of imidazole rings is 1. The summed E-state index contributed by atoms with van der Waals surface area (Å²) in [4.78, 5) is 21.0. The minimum atomic E-state index is 0.605. The molecule has 14 rings (SSSR count). The van der Waals surface area contributed by atoms with Crippen molar-refractivity contribution in [1.29, 1.82) is 0 Å². The third-order valence-electron chi connectivity index (χ3n) is 12.0. The average Bonchev–Trinajstić information content (AvgIpc) is 3.99. The fraction of sp³-hybridized carbons (Fsp3) is 0. The Morgan fingerprint density at radius 2 is 0.934 bits per heavy atom. The third-order valence-corrected chi connectivity index (χ3v) is 12.0. The molecule has 0 N–H and O–H groups in total. The van der Waals surface area contributed by atoms with Crippen molar-refractivity contribution in [3.8, 4) is 51.2 Å². The normalized spacial score (nSPS) is 11.9. The molecule has 0 spiro atoms. The molecule has 0 saturated carbocycles. The summed E-state index contributed by atoms with van der Waals surface area (Å²) in [5.74, 6) is 2.75. The molecule has 4 bridgehead atoms. The van der Waals surface area contributed by atoms with Gasteiger partial charge in [-0.1, -0.05) is 146 Å². The Morgan fingerprint density at radius 1 is 0.344 bits per heavy atom. The molecule has 6 aromatic heterocycles. The van der Waals surface area contributed by atoms with E-state index in [0.29, 0.717) is 17.5 Å². The summed E-state index contributed by atoms with van der Waals surface area (Å²) in [5, 5.41) is 5.60. The lowest BCUT2D eigenvalue weighted by Gasteiger charge is -2.11. The Kier molecular flexibility index (Phi) is 7.17. The van der Waals surface area contributed by atoms with Crippen LogP contribution in [0.3, 0.4) is 0 Å². The van der Waals surface area contributed by atoms with E-state index in [9.17, 15) is 0 Å². The van der Waals surface area contributed by atoms with Crippen LogP contribution in [0.5, 0.6) is 0 Å². The number of fused-ring (bicyclic) bond motifs is 4. The third kappa shape index (κ3) is 5.11. The predicted octanol–water partition coefficient (Wildman–Crippen LogP) is 13.0. The summed E-state index contributed by atoms with van der Waals surface area (Å²) in [6.07, 6.45) is 0. The Balaban J connectivity index is 1.24. The molecular formula is C54H33N7. The second kappa shape index (κ2) is 13.0. The molecule has 6 heterocycles. The van der Waals surface area contributed by atoms with Crippen LogP contribution in [0, 0.1) is 0 Å². The molecule has 0 unspecified atom stereocenters. The van der Waals surface area contributed by atoms with Gasteiger partial charge in [0.25, 0.3) is 0 Å². The fourth-order valence-electron chi connectivity index (χ4n) is 9.29. The number of hydrogen-bond acceptors (Lipinski definition) is 4. The summed E-state index contributed by atoms with van der Waals surface area (Å²) in [6.45, 7) is 0. The topological polar surface area (TPSA) is 65.3 Å². The molecule has 0 atom stereocenters. The zero-order valence-corrected chi connectivity index (χ0v) is 32.7. The predicted molar refractivity (Wildman–Crippen MR) is 248 cm³/mol. The summed E-state index contributed by atoms with van der Waals surface area (Å²) in [5.41, 5.74) is 12.1. The molecule has 0 saturated heterocycles. The van der Waals surface area contributed by atoms with Crippen LogP contribution in [-0.2, 0) is 0 Å². The van der Waals surface area contributed by atoms with Crippen LogP contribution >= 0.6 is 0 Å². The molecule has 0 radical (unpaired) electrons. The molecule has 7 nitrogen and oxygen atoms in total. The van der Waals surface area contributed by atoms with Crippen LogP contribution in [0.25, 0.3) is 117 Å². The van der Waals surface area contributed by atoms with E-state index in [2.05, 4.69) is 177 Å². The lowest BCUT2D eigenvalue weighted by molar-refractivity contribution is 1.07. The maximum atomic E-state index is 5.57. The van der Waals surface area contributed by atoms with Crippen molar-refractivity contribution in [3.05, 3.63) is 200 Å². The largest absolute Gasteiger partial charge is 0.308 e. The molecule has 61 heavy (non-hydrogen) atoms. The van der Waals surface area contributed by atoms with E-state index >= 15 is 0 Å². The minimum Gasteiger partial charge on any atom is -0.308 e. The molecule has 0 fully saturated rings. The van der Waals surface area contributed by atoms with Crippen molar-refractivity contribution < 1.29 is 0 Å². The van der Waals surface area contributed by atoms with E-state index in [4.69, 9.17) is 19.9 Å². The second-order valence-electron chi connectivity index (χ2n) is 15.5. The first-order chi connectivity index (χ1) is 30.2. The summed E-state index contributed by atoms with van der Waals surface area (Å²) >= 11 is 0. The SMILES string of the molecule is c1ccc(-c2nc(-c3ccccc3)nc(-c3cc4cc(c3)n3c5ccccc5c5ccc6c(c7c(nc(-c8ccccc8)n7c7ccc4cc7)n6-c4ccccc4)c53)n2)cc1. The Hall–Kier alpha value is -8.42. The van der Waals surface area contributed by atoms with Crippen molar-refractivity contribution in [2.24, 2.45) is 0 Å². The molecule has 0 aliphatic heterocycles. The molecule has 0 amide bonds. The van der Waals surface area contributed by atoms with Crippen LogP contribution in [0.15, 0.2) is 200 Å². The van der Waals surface area contributed by atoms with Crippen LogP contribution in [0.1, 0.15) is 0 Å². The fourth-order valence-corrected chi connectivity index (χ4v) is 9.29. The number of benzene rings is 8. The van der Waals surface area contributed by atoms with Gasteiger partial charge in [0.15, 0.2) is 23.1 Å². The van der Waals surface area contributed by atoms with E-state index in [0.717, 1.165) is 88.7 Å². The van der Waals surface area contributed by atoms with Gasteiger partial charge in [-0.3, -0.25) is 8.97 Å². The first kappa shape index (κ1) is 33.5. The van der Waals surface area contributed by atoms with Gasteiger partial charge in [0.05, 0.1) is 21.9 Å². The van der Waals surface area contributed by atoms with Crippen molar-refractivity contribution in [2.45, 2.75) is 0 Å². The maximum Gasteiger partial charge on any atom is 0.165 e. The van der Waals surface area contributed by atoms with Gasteiger partial charge in [-0.15, -0.1) is 0 Å². The number of nitrogens with zero attached hydrogens (tertiary/aromatic N) is 7. The standard InChI is InChI=1S/C54H33N7/c1-5-15-35(16-6-1)50-55-51(36-17-7-2-8-18-36)57-52(56-50)39-31-38-32-42(33-39)59-45-24-14-13-23-43(45)44-29-30-46-47(48(44)59)49-54(60(46)40-21-11-4-12-22-40)58-53(37-19-9-3-10-20-37)61(49)41-27-25-34(38)26-28-41/h1-33H. The minimum absolute atomic E-state index is 0.605. The van der Waals surface area contributed by atoms with Gasteiger partial charge in [0.2, 0.25) is 0 Å². The highest BCUT2D eigenvalue weighted by Gasteiger charge is 2.25. The number of aromatic nitrogens is 7. The van der Waals surface area contributed by atoms with E-state index in [1.807, 2.05) is 36.4 Å². The monoisotopic (exact) mass is 779 g/mol. The number of hydrogen-bond donors (Lipinski definition) is 0. The first-order valence-electron chi connectivity index (χ1n) is 20.5. The highest BCUT2D eigenvalue weighted by molar-refractivity contribution is 6.25. The van der Waals surface area contributed by atoms with Gasteiger partial charge in [-0.25, -0.2) is 19.9 Å². The van der Waals surface area contributed by atoms with Crippen molar-refractivity contribution in [2.75, 3.05) is 0 Å². The molecule has 14 aromatic rings. The van der Waals surface area contributed by atoms with Gasteiger partial charge in [0.1, 0.15) is 11.3 Å². The van der Waals surface area contributed by atoms with E-state index < -0.39 is 0 Å². The summed E-state index contributed by atoms with van der Waals surface area (Å²) in [7, 11) is 0. The smallest absolute Gasteiger partial charge is 0.165 e. The molecule has 284 valence electrons. The van der Waals surface area contributed by atoms with Gasteiger partial charge in [-0.05, 0) is 65.4 Å². The molecule has 0 aliphatic carbocycles. The van der Waals surface area contributed by atoms with Crippen LogP contribution in [0.4, 0.5) is 0 Å². The molecule has 7 heteroatoms. The highest BCUT2D eigenvalue weighted by atomic mass is 15.1. The van der Waals surface area contributed by atoms with Crippen molar-refractivity contribution in [1.82, 2.24) is 33.3 Å². The average molecular weight is 780 g/mol. The zero-order valence-electron chi connectivity index (χ0n) is 32.7.